The molecule has 6 nitrogen and oxygen atoms in total. The Kier molecular flexibility index (Phi) is 4.96. The summed E-state index contributed by atoms with van der Waals surface area (Å²) in [6.07, 6.45) is 4.54. The highest BCUT2D eigenvalue weighted by Gasteiger charge is 2.20. The number of nitrogens with zero attached hydrogens (tertiary/aromatic N) is 2. The van der Waals surface area contributed by atoms with Crippen LogP contribution < -0.4 is 10.1 Å². The highest BCUT2D eigenvalue weighted by Crippen LogP contribution is 2.17. The summed E-state index contributed by atoms with van der Waals surface area (Å²) in [6, 6.07) is 14.6. The molecular formula is C18H19N3O3. The maximum atomic E-state index is 12.3. The number of ether oxygens (including phenoxy) is 1. The van der Waals surface area contributed by atoms with Crippen molar-refractivity contribution in [1.82, 2.24) is 15.1 Å². The van der Waals surface area contributed by atoms with E-state index in [9.17, 15) is 4.79 Å². The Morgan fingerprint density at radius 2 is 2.08 bits per heavy atom. The van der Waals surface area contributed by atoms with Crippen molar-refractivity contribution in [3.63, 3.8) is 0 Å². The number of furan rings is 1. The van der Waals surface area contributed by atoms with Gasteiger partial charge in [-0.2, -0.15) is 5.10 Å². The second-order valence-electron chi connectivity index (χ2n) is 5.34. The molecule has 0 fully saturated rings. The Morgan fingerprint density at radius 1 is 1.25 bits per heavy atom. The Bertz CT molecular complexity index is 705. The van der Waals surface area contributed by atoms with Gasteiger partial charge in [0.15, 0.2) is 6.10 Å². The van der Waals surface area contributed by atoms with Crippen LogP contribution in [0.5, 0.6) is 5.75 Å². The number of aromatic nitrogens is 2. The predicted molar refractivity (Wildman–Crippen MR) is 88.6 cm³/mol. The number of amides is 1. The van der Waals surface area contributed by atoms with E-state index in [1.54, 1.807) is 24.1 Å². The first kappa shape index (κ1) is 15.9. The van der Waals surface area contributed by atoms with E-state index in [0.29, 0.717) is 12.3 Å². The van der Waals surface area contributed by atoms with Crippen molar-refractivity contribution < 1.29 is 13.9 Å². The first-order valence-corrected chi connectivity index (χ1v) is 7.76. The van der Waals surface area contributed by atoms with Crippen LogP contribution in [-0.4, -0.2) is 28.3 Å². The fraction of sp³-hybridized carbons (Fsp3) is 0.222. The molecule has 1 amide bonds. The number of para-hydroxylation sites is 1. The van der Waals surface area contributed by atoms with E-state index in [0.717, 1.165) is 5.76 Å². The van der Waals surface area contributed by atoms with E-state index in [1.807, 2.05) is 54.7 Å². The molecule has 2 heterocycles. The van der Waals surface area contributed by atoms with Crippen LogP contribution in [-0.2, 0) is 4.79 Å². The van der Waals surface area contributed by atoms with Crippen LogP contribution in [0.4, 0.5) is 0 Å². The monoisotopic (exact) mass is 325 g/mol. The van der Waals surface area contributed by atoms with Gasteiger partial charge >= 0.3 is 0 Å². The summed E-state index contributed by atoms with van der Waals surface area (Å²) in [4.78, 5) is 12.3. The van der Waals surface area contributed by atoms with Gasteiger partial charge in [-0.1, -0.05) is 18.2 Å². The molecule has 0 saturated carbocycles. The molecule has 0 saturated heterocycles. The van der Waals surface area contributed by atoms with Crippen LogP contribution in [0, 0.1) is 0 Å². The summed E-state index contributed by atoms with van der Waals surface area (Å²) in [5.41, 5.74) is 0. The van der Waals surface area contributed by atoms with Gasteiger partial charge in [-0.15, -0.1) is 0 Å². The second-order valence-corrected chi connectivity index (χ2v) is 5.34. The molecule has 0 radical (unpaired) electrons. The number of rotatable bonds is 7. The van der Waals surface area contributed by atoms with E-state index < -0.39 is 6.10 Å². The molecule has 24 heavy (non-hydrogen) atoms. The Morgan fingerprint density at radius 3 is 2.75 bits per heavy atom. The number of hydrogen-bond acceptors (Lipinski definition) is 4. The van der Waals surface area contributed by atoms with Crippen LogP contribution in [0.2, 0.25) is 0 Å². The van der Waals surface area contributed by atoms with Crippen LogP contribution in [0.1, 0.15) is 18.7 Å². The topological polar surface area (TPSA) is 69.3 Å². The smallest absolute Gasteiger partial charge is 0.260 e. The highest BCUT2D eigenvalue weighted by molar-refractivity contribution is 5.80. The lowest BCUT2D eigenvalue weighted by Gasteiger charge is -2.19. The predicted octanol–water partition coefficient (Wildman–Crippen LogP) is 2.65. The standard InChI is InChI=1S/C18H19N3O3/c1-14(24-15-7-3-2-4-8-15)18(22)19-13-16(17-9-5-12-23-17)21-11-6-10-20-21/h2-12,14,16H,13H2,1H3,(H,19,22)/t14-,16+/m0/s1. The molecular weight excluding hydrogens is 306 g/mol. The minimum atomic E-state index is -0.595. The molecule has 0 aliphatic heterocycles. The summed E-state index contributed by atoms with van der Waals surface area (Å²) in [5.74, 6) is 1.20. The summed E-state index contributed by atoms with van der Waals surface area (Å²) in [5, 5.41) is 7.13. The Labute approximate surface area is 140 Å². The second kappa shape index (κ2) is 7.50. The number of carbonyl (C=O) groups is 1. The lowest BCUT2D eigenvalue weighted by Crippen LogP contribution is -2.39. The zero-order valence-electron chi connectivity index (χ0n) is 13.3. The molecule has 3 aromatic rings. The third-order valence-corrected chi connectivity index (χ3v) is 3.61. The summed E-state index contributed by atoms with van der Waals surface area (Å²) < 4.78 is 12.8. The van der Waals surface area contributed by atoms with Crippen LogP contribution in [0.25, 0.3) is 0 Å². The van der Waals surface area contributed by atoms with Gasteiger partial charge in [0.1, 0.15) is 17.6 Å². The van der Waals surface area contributed by atoms with Crippen molar-refractivity contribution in [3.8, 4) is 5.75 Å². The first-order chi connectivity index (χ1) is 11.7. The fourth-order valence-electron chi connectivity index (χ4n) is 2.37. The molecule has 0 aliphatic carbocycles. The lowest BCUT2D eigenvalue weighted by atomic mass is 10.2. The minimum absolute atomic E-state index is 0.192. The van der Waals surface area contributed by atoms with Gasteiger partial charge in [-0.3, -0.25) is 9.48 Å². The molecule has 124 valence electrons. The van der Waals surface area contributed by atoms with Crippen molar-refractivity contribution in [1.29, 1.82) is 0 Å². The molecule has 1 aromatic carbocycles. The highest BCUT2D eigenvalue weighted by atomic mass is 16.5. The summed E-state index contributed by atoms with van der Waals surface area (Å²) in [6.45, 7) is 2.08. The van der Waals surface area contributed by atoms with Gasteiger partial charge in [-0.25, -0.2) is 0 Å². The van der Waals surface area contributed by atoms with E-state index in [-0.39, 0.29) is 11.9 Å². The van der Waals surface area contributed by atoms with E-state index >= 15 is 0 Å². The molecule has 1 N–H and O–H groups in total. The molecule has 2 atom stereocenters. The van der Waals surface area contributed by atoms with Gasteiger partial charge in [0.05, 0.1) is 6.26 Å². The average Bonchev–Trinajstić information content (AvgIpc) is 3.30. The van der Waals surface area contributed by atoms with Crippen molar-refractivity contribution in [3.05, 3.63) is 72.9 Å². The minimum Gasteiger partial charge on any atom is -0.481 e. The maximum absolute atomic E-state index is 12.3. The number of hydrogen-bond donors (Lipinski definition) is 1. The van der Waals surface area contributed by atoms with Crippen LogP contribution >= 0.6 is 0 Å². The summed E-state index contributed by atoms with van der Waals surface area (Å²) in [7, 11) is 0. The number of carbonyl (C=O) groups excluding carboxylic acids is 1. The zero-order chi connectivity index (χ0) is 16.8. The average molecular weight is 325 g/mol. The van der Waals surface area contributed by atoms with Gasteiger partial charge in [0.2, 0.25) is 0 Å². The lowest BCUT2D eigenvalue weighted by molar-refractivity contribution is -0.127. The molecule has 3 rings (SSSR count). The first-order valence-electron chi connectivity index (χ1n) is 7.76. The SMILES string of the molecule is C[C@H](Oc1ccccc1)C(=O)NC[C@H](c1ccco1)n1cccn1. The molecule has 0 unspecified atom stereocenters. The summed E-state index contributed by atoms with van der Waals surface area (Å²) >= 11 is 0. The van der Waals surface area contributed by atoms with Gasteiger partial charge in [-0.05, 0) is 37.3 Å². The quantitative estimate of drug-likeness (QED) is 0.725. The van der Waals surface area contributed by atoms with Gasteiger partial charge in [0, 0.05) is 18.9 Å². The van der Waals surface area contributed by atoms with E-state index in [1.165, 1.54) is 0 Å². The normalized spacial score (nSPS) is 13.2. The molecule has 0 aliphatic rings. The molecule has 2 aromatic heterocycles. The van der Waals surface area contributed by atoms with Crippen molar-refractivity contribution in [2.45, 2.75) is 19.1 Å². The molecule has 6 heteroatoms. The molecule has 0 bridgehead atoms. The third kappa shape index (κ3) is 3.84. The third-order valence-electron chi connectivity index (χ3n) is 3.61. The van der Waals surface area contributed by atoms with Crippen molar-refractivity contribution in [2.75, 3.05) is 6.54 Å². The van der Waals surface area contributed by atoms with Crippen molar-refractivity contribution in [2.24, 2.45) is 0 Å². The van der Waals surface area contributed by atoms with Gasteiger partial charge in [0.25, 0.3) is 5.91 Å². The number of benzene rings is 1. The maximum Gasteiger partial charge on any atom is 0.260 e. The van der Waals surface area contributed by atoms with E-state index in [4.69, 9.17) is 9.15 Å². The number of nitrogens with one attached hydrogen (secondary N) is 1. The Balaban J connectivity index is 1.61. The fourth-order valence-corrected chi connectivity index (χ4v) is 2.37. The zero-order valence-corrected chi connectivity index (χ0v) is 13.3. The van der Waals surface area contributed by atoms with Gasteiger partial charge < -0.3 is 14.5 Å². The van der Waals surface area contributed by atoms with Crippen LogP contribution in [0.3, 0.4) is 0 Å². The largest absolute Gasteiger partial charge is 0.481 e. The van der Waals surface area contributed by atoms with E-state index in [2.05, 4.69) is 10.4 Å². The van der Waals surface area contributed by atoms with Crippen LogP contribution in [0.15, 0.2) is 71.6 Å². The Hall–Kier alpha value is -3.02. The molecule has 0 spiro atoms. The van der Waals surface area contributed by atoms with Crippen molar-refractivity contribution >= 4 is 5.91 Å².